The summed E-state index contributed by atoms with van der Waals surface area (Å²) >= 11 is 0. The number of rotatable bonds is 2. The van der Waals surface area contributed by atoms with Gasteiger partial charge in [-0.2, -0.15) is 0 Å². The molecule has 0 bridgehead atoms. The Hall–Kier alpha value is -1.28. The fourth-order valence-corrected chi connectivity index (χ4v) is 1.87. The number of ether oxygens (including phenoxy) is 1. The smallest absolute Gasteiger partial charge is 0.122 e. The molecule has 1 aromatic carbocycles. The van der Waals surface area contributed by atoms with Gasteiger partial charge in [-0.1, -0.05) is 24.3 Å². The molecular formula is C12H15NO. The summed E-state index contributed by atoms with van der Waals surface area (Å²) in [5.74, 6) is 0.963. The van der Waals surface area contributed by atoms with Crippen LogP contribution in [0.5, 0.6) is 5.75 Å². The lowest BCUT2D eigenvalue weighted by atomic mass is 10.0. The molecule has 2 heteroatoms. The first kappa shape index (κ1) is 9.28. The van der Waals surface area contributed by atoms with Crippen molar-refractivity contribution < 1.29 is 4.74 Å². The highest BCUT2D eigenvalue weighted by atomic mass is 16.5. The van der Waals surface area contributed by atoms with Crippen LogP contribution >= 0.6 is 0 Å². The highest BCUT2D eigenvalue weighted by molar-refractivity contribution is 5.42. The Morgan fingerprint density at radius 3 is 2.93 bits per heavy atom. The van der Waals surface area contributed by atoms with E-state index >= 15 is 0 Å². The first-order valence-electron chi connectivity index (χ1n) is 4.86. The van der Waals surface area contributed by atoms with Gasteiger partial charge in [0.2, 0.25) is 0 Å². The fraction of sp³-hybridized carbons (Fsp3) is 0.333. The van der Waals surface area contributed by atoms with Crippen molar-refractivity contribution in [2.24, 2.45) is 0 Å². The van der Waals surface area contributed by atoms with E-state index in [0.717, 1.165) is 12.3 Å². The van der Waals surface area contributed by atoms with E-state index in [4.69, 9.17) is 4.74 Å². The molecule has 0 spiro atoms. The second-order valence-electron chi connectivity index (χ2n) is 3.49. The molecule has 14 heavy (non-hydrogen) atoms. The molecule has 0 amide bonds. The van der Waals surface area contributed by atoms with Gasteiger partial charge in [0.25, 0.3) is 0 Å². The molecule has 1 aliphatic rings. The van der Waals surface area contributed by atoms with Gasteiger partial charge in [-0.25, -0.2) is 0 Å². The van der Waals surface area contributed by atoms with Crippen LogP contribution in [0, 0.1) is 6.92 Å². The summed E-state index contributed by atoms with van der Waals surface area (Å²) in [7, 11) is 1.71. The summed E-state index contributed by atoms with van der Waals surface area (Å²) < 4.78 is 5.29. The van der Waals surface area contributed by atoms with Gasteiger partial charge in [0.1, 0.15) is 5.75 Å². The quantitative estimate of drug-likeness (QED) is 0.720. The van der Waals surface area contributed by atoms with E-state index in [2.05, 4.69) is 30.5 Å². The van der Waals surface area contributed by atoms with E-state index in [1.165, 1.54) is 11.1 Å². The molecule has 1 atom stereocenters. The molecule has 2 nitrogen and oxygen atoms in total. The predicted octanol–water partition coefficient (Wildman–Crippen LogP) is 2.20. The monoisotopic (exact) mass is 189 g/mol. The average Bonchev–Trinajstić information content (AvgIpc) is 2.71. The molecule has 0 aliphatic carbocycles. The molecule has 1 heterocycles. The van der Waals surface area contributed by atoms with Gasteiger partial charge in [0, 0.05) is 6.54 Å². The van der Waals surface area contributed by atoms with Crippen molar-refractivity contribution in [3.8, 4) is 5.75 Å². The number of nitrogens with one attached hydrogen (secondary N) is 1. The van der Waals surface area contributed by atoms with Gasteiger partial charge < -0.3 is 10.1 Å². The number of hydrogen-bond donors (Lipinski definition) is 1. The van der Waals surface area contributed by atoms with E-state index in [0.29, 0.717) is 6.04 Å². The minimum Gasteiger partial charge on any atom is -0.496 e. The van der Waals surface area contributed by atoms with Crippen LogP contribution in [0.2, 0.25) is 0 Å². The summed E-state index contributed by atoms with van der Waals surface area (Å²) in [4.78, 5) is 0. The second kappa shape index (κ2) is 3.84. The maximum absolute atomic E-state index is 5.29. The van der Waals surface area contributed by atoms with Crippen molar-refractivity contribution in [3.63, 3.8) is 0 Å². The zero-order chi connectivity index (χ0) is 9.97. The highest BCUT2D eigenvalue weighted by Gasteiger charge is 2.14. The molecule has 0 saturated heterocycles. The summed E-state index contributed by atoms with van der Waals surface area (Å²) in [5, 5.41) is 3.40. The van der Waals surface area contributed by atoms with Crippen molar-refractivity contribution in [1.82, 2.24) is 5.32 Å². The SMILES string of the molecule is COc1cccc([C@@H]2C=CCN2)c1C. The Morgan fingerprint density at radius 1 is 1.43 bits per heavy atom. The van der Waals surface area contributed by atoms with E-state index in [1.54, 1.807) is 7.11 Å². The van der Waals surface area contributed by atoms with Crippen molar-refractivity contribution in [2.75, 3.05) is 13.7 Å². The average molecular weight is 189 g/mol. The maximum Gasteiger partial charge on any atom is 0.122 e. The summed E-state index contributed by atoms with van der Waals surface area (Å²) in [6.07, 6.45) is 4.35. The summed E-state index contributed by atoms with van der Waals surface area (Å²) in [5.41, 5.74) is 2.53. The largest absolute Gasteiger partial charge is 0.496 e. The first-order chi connectivity index (χ1) is 6.83. The van der Waals surface area contributed by atoms with Gasteiger partial charge in [-0.3, -0.25) is 0 Å². The molecule has 0 saturated carbocycles. The lowest BCUT2D eigenvalue weighted by Gasteiger charge is -2.15. The molecule has 1 aliphatic heterocycles. The maximum atomic E-state index is 5.29. The molecule has 74 valence electrons. The van der Waals surface area contributed by atoms with Crippen molar-refractivity contribution in [1.29, 1.82) is 0 Å². The van der Waals surface area contributed by atoms with Crippen LogP contribution < -0.4 is 10.1 Å². The van der Waals surface area contributed by atoms with Gasteiger partial charge >= 0.3 is 0 Å². The molecule has 0 fully saturated rings. The minimum atomic E-state index is 0.352. The predicted molar refractivity (Wildman–Crippen MR) is 57.6 cm³/mol. The van der Waals surface area contributed by atoms with Crippen LogP contribution in [0.4, 0.5) is 0 Å². The van der Waals surface area contributed by atoms with Gasteiger partial charge in [0.15, 0.2) is 0 Å². The van der Waals surface area contributed by atoms with Gasteiger partial charge in [0.05, 0.1) is 13.2 Å². The van der Waals surface area contributed by atoms with Crippen molar-refractivity contribution in [3.05, 3.63) is 41.5 Å². The Balaban J connectivity index is 2.37. The Bertz CT molecular complexity index is 357. The van der Waals surface area contributed by atoms with Crippen LogP contribution in [0.25, 0.3) is 0 Å². The molecular weight excluding hydrogens is 174 g/mol. The van der Waals surface area contributed by atoms with E-state index < -0.39 is 0 Å². The van der Waals surface area contributed by atoms with Crippen LogP contribution in [0.15, 0.2) is 30.4 Å². The van der Waals surface area contributed by atoms with Crippen molar-refractivity contribution in [2.45, 2.75) is 13.0 Å². The Kier molecular flexibility index (Phi) is 2.55. The van der Waals surface area contributed by atoms with Crippen LogP contribution in [-0.4, -0.2) is 13.7 Å². The molecule has 1 N–H and O–H groups in total. The Labute approximate surface area is 84.6 Å². The lowest BCUT2D eigenvalue weighted by molar-refractivity contribution is 0.410. The number of benzene rings is 1. The molecule has 1 aromatic rings. The second-order valence-corrected chi connectivity index (χ2v) is 3.49. The minimum absolute atomic E-state index is 0.352. The molecule has 0 unspecified atom stereocenters. The molecule has 0 radical (unpaired) electrons. The number of methoxy groups -OCH3 is 1. The normalized spacial score (nSPS) is 20.0. The summed E-state index contributed by atoms with van der Waals surface area (Å²) in [6.45, 7) is 3.06. The van der Waals surface area contributed by atoms with E-state index in [-0.39, 0.29) is 0 Å². The zero-order valence-corrected chi connectivity index (χ0v) is 8.58. The van der Waals surface area contributed by atoms with Gasteiger partial charge in [-0.15, -0.1) is 0 Å². The third kappa shape index (κ3) is 1.53. The van der Waals surface area contributed by atoms with Crippen LogP contribution in [-0.2, 0) is 0 Å². The van der Waals surface area contributed by atoms with Crippen molar-refractivity contribution >= 4 is 0 Å². The first-order valence-corrected chi connectivity index (χ1v) is 4.86. The van der Waals surface area contributed by atoms with Gasteiger partial charge in [-0.05, 0) is 24.1 Å². The fourth-order valence-electron chi connectivity index (χ4n) is 1.87. The van der Waals surface area contributed by atoms with E-state index in [9.17, 15) is 0 Å². The van der Waals surface area contributed by atoms with Crippen LogP contribution in [0.3, 0.4) is 0 Å². The Morgan fingerprint density at radius 2 is 2.29 bits per heavy atom. The zero-order valence-electron chi connectivity index (χ0n) is 8.58. The van der Waals surface area contributed by atoms with Crippen LogP contribution in [0.1, 0.15) is 17.2 Å². The molecule has 0 aromatic heterocycles. The third-order valence-corrected chi connectivity index (χ3v) is 2.67. The lowest BCUT2D eigenvalue weighted by Crippen LogP contribution is -2.15. The third-order valence-electron chi connectivity index (χ3n) is 2.67. The topological polar surface area (TPSA) is 21.3 Å². The highest BCUT2D eigenvalue weighted by Crippen LogP contribution is 2.27. The molecule has 2 rings (SSSR count). The summed E-state index contributed by atoms with van der Waals surface area (Å²) in [6, 6.07) is 6.53. The van der Waals surface area contributed by atoms with E-state index in [1.807, 2.05) is 12.1 Å². The number of hydrogen-bond acceptors (Lipinski definition) is 2. The standard InChI is InChI=1S/C12H15NO/c1-9-10(11-6-4-8-13-11)5-3-7-12(9)14-2/h3-7,11,13H,8H2,1-2H3/t11-/m0/s1.